The van der Waals surface area contributed by atoms with Crippen LogP contribution in [0.4, 0.5) is 0 Å². The first kappa shape index (κ1) is 47.1. The predicted octanol–water partition coefficient (Wildman–Crippen LogP) is 17.0. The Bertz CT molecular complexity index is 2090. The van der Waals surface area contributed by atoms with Crippen LogP contribution in [0.2, 0.25) is 0 Å². The van der Waals surface area contributed by atoms with Gasteiger partial charge in [0.1, 0.15) is 11.5 Å². The average Bonchev–Trinajstić information content (AvgIpc) is 3.18. The summed E-state index contributed by atoms with van der Waals surface area (Å²) >= 11 is 1.82. The van der Waals surface area contributed by atoms with Crippen LogP contribution in [0, 0.1) is 20.8 Å². The van der Waals surface area contributed by atoms with Gasteiger partial charge >= 0.3 is 0 Å². The summed E-state index contributed by atoms with van der Waals surface area (Å²) in [5.74, 6) is 3.39. The van der Waals surface area contributed by atoms with Crippen molar-refractivity contribution in [3.63, 3.8) is 0 Å². The minimum Gasteiger partial charge on any atom is -0.507 e. The summed E-state index contributed by atoms with van der Waals surface area (Å²) in [7, 11) is 1.76. The number of aromatic hydroxyl groups is 2. The molecule has 0 aromatic heterocycles. The van der Waals surface area contributed by atoms with Gasteiger partial charge in [-0.1, -0.05) is 119 Å². The fourth-order valence-corrected chi connectivity index (χ4v) is 9.94. The Balaban J connectivity index is 1.87. The lowest BCUT2D eigenvalue weighted by atomic mass is 9.80. The van der Waals surface area contributed by atoms with Crippen molar-refractivity contribution < 1.29 is 14.9 Å². The van der Waals surface area contributed by atoms with Crippen LogP contribution in [0.1, 0.15) is 182 Å². The Morgan fingerprint density at radius 1 is 0.433 bits per heavy atom. The van der Waals surface area contributed by atoms with E-state index in [1.807, 2.05) is 11.8 Å². The third-order valence-electron chi connectivity index (χ3n) is 12.1. The van der Waals surface area contributed by atoms with Crippen molar-refractivity contribution in [1.82, 2.24) is 0 Å². The van der Waals surface area contributed by atoms with E-state index in [0.717, 1.165) is 91.3 Å². The lowest BCUT2D eigenvalue weighted by Crippen LogP contribution is -2.04. The monoisotopic (exact) mass is 827 g/mol. The smallest absolute Gasteiger partial charge is 0.131 e. The number of ether oxygens (including phenoxy) is 1. The first-order valence-corrected chi connectivity index (χ1v) is 23.6. The molecule has 0 heterocycles. The normalized spacial score (nSPS) is 12.1. The molecule has 2 N–H and O–H groups in total. The molecule has 0 unspecified atom stereocenters. The highest BCUT2D eigenvalue weighted by Crippen LogP contribution is 2.52. The number of phenolic OH excluding ortho intramolecular Hbond substituents is 2. The van der Waals surface area contributed by atoms with Crippen LogP contribution in [0.15, 0.2) is 65.6 Å². The Morgan fingerprint density at radius 3 is 1.05 bits per heavy atom. The van der Waals surface area contributed by atoms with Crippen LogP contribution in [0.3, 0.4) is 0 Å². The lowest BCUT2D eigenvalue weighted by molar-refractivity contribution is 0.194. The van der Waals surface area contributed by atoms with Gasteiger partial charge in [-0.05, 0) is 171 Å². The molecule has 0 atom stereocenters. The minimum absolute atomic E-state index is 0.274. The molecule has 322 valence electrons. The molecule has 0 bridgehead atoms. The number of rotatable bonds is 16. The van der Waals surface area contributed by atoms with Crippen LogP contribution in [0.5, 0.6) is 11.5 Å². The quantitative estimate of drug-likeness (QED) is 0.0768. The van der Waals surface area contributed by atoms with Gasteiger partial charge in [0.25, 0.3) is 0 Å². The van der Waals surface area contributed by atoms with Gasteiger partial charge in [-0.3, -0.25) is 0 Å². The van der Waals surface area contributed by atoms with Gasteiger partial charge in [0, 0.05) is 40.9 Å². The molecule has 0 amide bonds. The molecule has 0 saturated heterocycles. The number of phenols is 2. The van der Waals surface area contributed by atoms with Crippen molar-refractivity contribution in [2.45, 2.75) is 157 Å². The maximum absolute atomic E-state index is 12.8. The summed E-state index contributed by atoms with van der Waals surface area (Å²) in [5, 5.41) is 25.5. The SMILES string of the molecule is COCCCCSc1c(-c2cc(C)cc(-c3c(C(C)C)cc(C(C)C)cc3C(C)C)c2O)cc(C)cc1-c1cc(C)cc(-c2c(C(C)C)cc(C(C)C)cc2C(C)C)c1O. The van der Waals surface area contributed by atoms with Crippen LogP contribution in [0.25, 0.3) is 44.5 Å². The van der Waals surface area contributed by atoms with E-state index in [4.69, 9.17) is 4.74 Å². The molecule has 0 aliphatic carbocycles. The van der Waals surface area contributed by atoms with Crippen LogP contribution < -0.4 is 0 Å². The van der Waals surface area contributed by atoms with E-state index in [-0.39, 0.29) is 23.7 Å². The first-order valence-electron chi connectivity index (χ1n) is 22.6. The van der Waals surface area contributed by atoms with E-state index in [2.05, 4.69) is 165 Å². The third kappa shape index (κ3) is 10.0. The Labute approximate surface area is 368 Å². The molecule has 0 saturated carbocycles. The van der Waals surface area contributed by atoms with E-state index < -0.39 is 0 Å². The van der Waals surface area contributed by atoms with Crippen molar-refractivity contribution in [3.05, 3.63) is 111 Å². The maximum atomic E-state index is 12.8. The van der Waals surface area contributed by atoms with Gasteiger partial charge in [0.2, 0.25) is 0 Å². The highest BCUT2D eigenvalue weighted by Gasteiger charge is 2.27. The zero-order chi connectivity index (χ0) is 44.3. The number of aryl methyl sites for hydroxylation is 3. The maximum Gasteiger partial charge on any atom is 0.131 e. The molecular weight excluding hydrogens is 753 g/mol. The van der Waals surface area contributed by atoms with Crippen LogP contribution in [-0.4, -0.2) is 29.7 Å². The summed E-state index contributed by atoms with van der Waals surface area (Å²) in [6.07, 6.45) is 1.95. The molecule has 0 aliphatic rings. The van der Waals surface area contributed by atoms with Gasteiger partial charge in [-0.25, -0.2) is 0 Å². The van der Waals surface area contributed by atoms with Crippen LogP contribution >= 0.6 is 11.8 Å². The lowest BCUT2D eigenvalue weighted by Gasteiger charge is -2.26. The van der Waals surface area contributed by atoms with Crippen LogP contribution in [-0.2, 0) is 4.74 Å². The molecule has 0 spiro atoms. The highest BCUT2D eigenvalue weighted by atomic mass is 32.2. The molecule has 0 fully saturated rings. The number of hydrogen-bond acceptors (Lipinski definition) is 4. The summed E-state index contributed by atoms with van der Waals surface area (Å²) in [6, 6.07) is 22.6. The van der Waals surface area contributed by atoms with Gasteiger partial charge in [0.05, 0.1) is 0 Å². The Morgan fingerprint density at radius 2 is 0.750 bits per heavy atom. The molecule has 0 aliphatic heterocycles. The third-order valence-corrected chi connectivity index (χ3v) is 13.3. The van der Waals surface area contributed by atoms with E-state index in [1.54, 1.807) is 7.11 Å². The van der Waals surface area contributed by atoms with Gasteiger partial charge in [-0.15, -0.1) is 11.8 Å². The zero-order valence-corrected chi connectivity index (χ0v) is 40.6. The highest BCUT2D eigenvalue weighted by molar-refractivity contribution is 7.99. The van der Waals surface area contributed by atoms with Crippen molar-refractivity contribution in [2.75, 3.05) is 19.5 Å². The molecule has 5 aromatic carbocycles. The molecule has 4 heteroatoms. The fraction of sp³-hybridized carbons (Fsp3) is 0.464. The number of unbranched alkanes of at least 4 members (excludes halogenated alkanes) is 1. The van der Waals surface area contributed by atoms with E-state index in [0.29, 0.717) is 23.3 Å². The minimum atomic E-state index is 0.274. The van der Waals surface area contributed by atoms with Crippen molar-refractivity contribution >= 4 is 11.8 Å². The molecule has 5 rings (SSSR count). The fourth-order valence-electron chi connectivity index (χ4n) is 8.73. The van der Waals surface area contributed by atoms with Crippen molar-refractivity contribution in [3.8, 4) is 56.0 Å². The zero-order valence-electron chi connectivity index (χ0n) is 39.8. The second-order valence-electron chi connectivity index (χ2n) is 19.2. The summed E-state index contributed by atoms with van der Waals surface area (Å²) in [4.78, 5) is 1.07. The summed E-state index contributed by atoms with van der Waals surface area (Å²) in [5.41, 5.74) is 18.8. The number of methoxy groups -OCH3 is 1. The number of hydrogen-bond donors (Lipinski definition) is 2. The van der Waals surface area contributed by atoms with E-state index in [1.165, 1.54) is 33.4 Å². The molecule has 60 heavy (non-hydrogen) atoms. The standard InChI is InChI=1S/C56H74O3S/c1-31(2)40-27-42(33(5)6)52(43(28-40)34(7)8)50-25-37(13)21-46(54(50)57)48-23-39(15)24-49(56(48)60-20-18-17-19-59-16)47-22-38(14)26-51(55(47)58)53-44(35(9)10)29-41(32(3)4)30-45(53)36(11)12/h21-36,57-58H,17-20H2,1-16H3. The average molecular weight is 827 g/mol. The van der Waals surface area contributed by atoms with Gasteiger partial charge in [0.15, 0.2) is 0 Å². The topological polar surface area (TPSA) is 49.7 Å². The first-order chi connectivity index (χ1) is 28.3. The number of thioether (sulfide) groups is 1. The van der Waals surface area contributed by atoms with Gasteiger partial charge < -0.3 is 14.9 Å². The van der Waals surface area contributed by atoms with Crippen molar-refractivity contribution in [2.24, 2.45) is 0 Å². The van der Waals surface area contributed by atoms with E-state index >= 15 is 0 Å². The molecular formula is C56H74O3S. The molecule has 5 aromatic rings. The molecule has 0 radical (unpaired) electrons. The van der Waals surface area contributed by atoms with Gasteiger partial charge in [-0.2, -0.15) is 0 Å². The number of benzene rings is 5. The second kappa shape index (κ2) is 19.8. The summed E-state index contributed by atoms with van der Waals surface area (Å²) < 4.78 is 5.43. The Kier molecular flexibility index (Phi) is 15.5. The predicted molar refractivity (Wildman–Crippen MR) is 262 cm³/mol. The van der Waals surface area contributed by atoms with Crippen molar-refractivity contribution in [1.29, 1.82) is 0 Å². The second-order valence-corrected chi connectivity index (χ2v) is 20.3. The largest absolute Gasteiger partial charge is 0.507 e. The Hall–Kier alpha value is -3.99. The summed E-state index contributed by atoms with van der Waals surface area (Å²) in [6.45, 7) is 34.3. The van der Waals surface area contributed by atoms with E-state index in [9.17, 15) is 10.2 Å². The molecule has 3 nitrogen and oxygen atoms in total.